The second-order valence-electron chi connectivity index (χ2n) is 5.16. The number of ether oxygens (including phenoxy) is 1. The van der Waals surface area contributed by atoms with Crippen LogP contribution in [-0.4, -0.2) is 44.3 Å². The van der Waals surface area contributed by atoms with E-state index in [1.165, 1.54) is 6.07 Å². The highest BCUT2D eigenvalue weighted by Gasteiger charge is 2.20. The summed E-state index contributed by atoms with van der Waals surface area (Å²) in [4.78, 5) is 2.35. The van der Waals surface area contributed by atoms with Crippen LogP contribution in [0.2, 0.25) is 0 Å². The first kappa shape index (κ1) is 14.4. The normalized spacial score (nSPS) is 23.0. The molecule has 1 aliphatic heterocycles. The molecule has 106 valence electrons. The van der Waals surface area contributed by atoms with Crippen LogP contribution < -0.4 is 5.32 Å². The number of nitrogens with zero attached hydrogens (tertiary/aromatic N) is 1. The average molecular weight is 266 g/mol. The smallest absolute Gasteiger partial charge is 0.128 e. The Morgan fingerprint density at radius 2 is 2.26 bits per heavy atom. The van der Waals surface area contributed by atoms with E-state index in [1.54, 1.807) is 6.07 Å². The number of rotatable bonds is 4. The maximum absolute atomic E-state index is 13.9. The van der Waals surface area contributed by atoms with Crippen LogP contribution in [-0.2, 0) is 4.74 Å². The molecule has 0 radical (unpaired) electrons. The Morgan fingerprint density at radius 1 is 1.47 bits per heavy atom. The van der Waals surface area contributed by atoms with Gasteiger partial charge in [0, 0.05) is 37.8 Å². The minimum absolute atomic E-state index is 0.0199. The molecule has 19 heavy (non-hydrogen) atoms. The third kappa shape index (κ3) is 4.00. The summed E-state index contributed by atoms with van der Waals surface area (Å²) < 4.78 is 19.5. The van der Waals surface area contributed by atoms with Crippen molar-refractivity contribution in [2.75, 3.05) is 33.3 Å². The summed E-state index contributed by atoms with van der Waals surface area (Å²) >= 11 is 0. The summed E-state index contributed by atoms with van der Waals surface area (Å²) in [7, 11) is 1.88. The van der Waals surface area contributed by atoms with E-state index in [1.807, 2.05) is 19.2 Å². The Morgan fingerprint density at radius 3 is 3.00 bits per heavy atom. The molecule has 2 rings (SSSR count). The zero-order chi connectivity index (χ0) is 13.7. The van der Waals surface area contributed by atoms with Gasteiger partial charge in [-0.25, -0.2) is 4.39 Å². The minimum atomic E-state index is -0.138. The maximum atomic E-state index is 13.9. The predicted molar refractivity (Wildman–Crippen MR) is 74.7 cm³/mol. The Hall–Kier alpha value is -0.970. The van der Waals surface area contributed by atoms with Crippen LogP contribution >= 0.6 is 0 Å². The van der Waals surface area contributed by atoms with E-state index in [9.17, 15) is 4.39 Å². The fourth-order valence-corrected chi connectivity index (χ4v) is 2.61. The SMILES string of the molecule is CNC(CN1CCCOC(C)C1)c1ccccc1F. The molecule has 1 heterocycles. The van der Waals surface area contributed by atoms with Crippen molar-refractivity contribution in [3.05, 3.63) is 35.6 Å². The van der Waals surface area contributed by atoms with Crippen molar-refractivity contribution in [2.45, 2.75) is 25.5 Å². The van der Waals surface area contributed by atoms with E-state index in [2.05, 4.69) is 17.1 Å². The second kappa shape index (κ2) is 6.98. The van der Waals surface area contributed by atoms with Gasteiger partial charge in [0.25, 0.3) is 0 Å². The van der Waals surface area contributed by atoms with Gasteiger partial charge in [-0.3, -0.25) is 4.90 Å². The van der Waals surface area contributed by atoms with E-state index in [4.69, 9.17) is 4.74 Å². The first-order valence-electron chi connectivity index (χ1n) is 6.96. The molecular formula is C15H23FN2O. The molecule has 4 heteroatoms. The van der Waals surface area contributed by atoms with Crippen LogP contribution in [0.3, 0.4) is 0 Å². The molecule has 1 aliphatic rings. The topological polar surface area (TPSA) is 24.5 Å². The van der Waals surface area contributed by atoms with Gasteiger partial charge in [0.1, 0.15) is 5.82 Å². The van der Waals surface area contributed by atoms with Crippen LogP contribution in [0.15, 0.2) is 24.3 Å². The molecule has 2 atom stereocenters. The molecule has 1 saturated heterocycles. The molecular weight excluding hydrogens is 243 g/mol. The fraction of sp³-hybridized carbons (Fsp3) is 0.600. The third-order valence-corrected chi connectivity index (χ3v) is 3.61. The van der Waals surface area contributed by atoms with Gasteiger partial charge in [-0.1, -0.05) is 18.2 Å². The Bertz CT molecular complexity index is 399. The van der Waals surface area contributed by atoms with Gasteiger partial charge in [-0.15, -0.1) is 0 Å². The van der Waals surface area contributed by atoms with Crippen molar-refractivity contribution < 1.29 is 9.13 Å². The van der Waals surface area contributed by atoms with Gasteiger partial charge in [0.15, 0.2) is 0 Å². The highest BCUT2D eigenvalue weighted by molar-refractivity contribution is 5.21. The van der Waals surface area contributed by atoms with Crippen molar-refractivity contribution in [3.63, 3.8) is 0 Å². The Labute approximate surface area is 114 Å². The van der Waals surface area contributed by atoms with E-state index >= 15 is 0 Å². The number of benzene rings is 1. The molecule has 1 fully saturated rings. The summed E-state index contributed by atoms with van der Waals surface area (Å²) in [5, 5.41) is 3.22. The van der Waals surface area contributed by atoms with E-state index in [0.717, 1.165) is 38.2 Å². The van der Waals surface area contributed by atoms with E-state index in [-0.39, 0.29) is 18.0 Å². The van der Waals surface area contributed by atoms with Gasteiger partial charge >= 0.3 is 0 Å². The largest absolute Gasteiger partial charge is 0.377 e. The molecule has 1 aromatic rings. The van der Waals surface area contributed by atoms with Crippen molar-refractivity contribution in [2.24, 2.45) is 0 Å². The highest BCUT2D eigenvalue weighted by Crippen LogP contribution is 2.19. The van der Waals surface area contributed by atoms with Gasteiger partial charge in [0.2, 0.25) is 0 Å². The van der Waals surface area contributed by atoms with Crippen molar-refractivity contribution in [3.8, 4) is 0 Å². The molecule has 1 aromatic carbocycles. The Balaban J connectivity index is 2.04. The molecule has 0 amide bonds. The number of hydrogen-bond donors (Lipinski definition) is 1. The van der Waals surface area contributed by atoms with E-state index < -0.39 is 0 Å². The summed E-state index contributed by atoms with van der Waals surface area (Å²) in [5.74, 6) is -0.138. The van der Waals surface area contributed by atoms with Crippen molar-refractivity contribution >= 4 is 0 Å². The number of nitrogens with one attached hydrogen (secondary N) is 1. The Kier molecular flexibility index (Phi) is 5.31. The summed E-state index contributed by atoms with van der Waals surface area (Å²) in [6.07, 6.45) is 1.29. The number of halogens is 1. The summed E-state index contributed by atoms with van der Waals surface area (Å²) in [6.45, 7) is 5.64. The fourth-order valence-electron chi connectivity index (χ4n) is 2.61. The molecule has 0 bridgehead atoms. The zero-order valence-electron chi connectivity index (χ0n) is 11.7. The molecule has 3 nitrogen and oxygen atoms in total. The van der Waals surface area contributed by atoms with Crippen LogP contribution in [0.25, 0.3) is 0 Å². The van der Waals surface area contributed by atoms with Crippen molar-refractivity contribution in [1.29, 1.82) is 0 Å². The van der Waals surface area contributed by atoms with Crippen LogP contribution in [0, 0.1) is 5.82 Å². The standard InChI is InChI=1S/C15H23FN2O/c1-12-10-18(8-5-9-19-12)11-15(17-2)13-6-3-4-7-14(13)16/h3-4,6-7,12,15,17H,5,8-11H2,1-2H3. The van der Waals surface area contributed by atoms with Gasteiger partial charge < -0.3 is 10.1 Å². The highest BCUT2D eigenvalue weighted by atomic mass is 19.1. The van der Waals surface area contributed by atoms with Crippen LogP contribution in [0.4, 0.5) is 4.39 Å². The van der Waals surface area contributed by atoms with E-state index in [0.29, 0.717) is 0 Å². The first-order valence-corrected chi connectivity index (χ1v) is 6.96. The van der Waals surface area contributed by atoms with Gasteiger partial charge in [-0.2, -0.15) is 0 Å². The average Bonchev–Trinajstić information content (AvgIpc) is 2.61. The number of likely N-dealkylation sites (N-methyl/N-ethyl adjacent to an activating group) is 1. The lowest BCUT2D eigenvalue weighted by Gasteiger charge is -2.27. The molecule has 2 unspecified atom stereocenters. The van der Waals surface area contributed by atoms with Gasteiger partial charge in [-0.05, 0) is 26.5 Å². The monoisotopic (exact) mass is 266 g/mol. The zero-order valence-corrected chi connectivity index (χ0v) is 11.7. The second-order valence-corrected chi connectivity index (χ2v) is 5.16. The minimum Gasteiger partial charge on any atom is -0.377 e. The number of hydrogen-bond acceptors (Lipinski definition) is 3. The predicted octanol–water partition coefficient (Wildman–Crippen LogP) is 2.20. The molecule has 1 N–H and O–H groups in total. The molecule has 0 spiro atoms. The quantitative estimate of drug-likeness (QED) is 0.904. The lowest BCUT2D eigenvalue weighted by molar-refractivity contribution is 0.0665. The first-order chi connectivity index (χ1) is 9.20. The van der Waals surface area contributed by atoms with Crippen LogP contribution in [0.1, 0.15) is 24.9 Å². The summed E-state index contributed by atoms with van der Waals surface area (Å²) in [6, 6.07) is 7.01. The maximum Gasteiger partial charge on any atom is 0.128 e. The lowest BCUT2D eigenvalue weighted by atomic mass is 10.1. The van der Waals surface area contributed by atoms with Crippen molar-refractivity contribution in [1.82, 2.24) is 10.2 Å². The van der Waals surface area contributed by atoms with Gasteiger partial charge in [0.05, 0.1) is 6.10 Å². The third-order valence-electron chi connectivity index (χ3n) is 3.61. The van der Waals surface area contributed by atoms with Crippen LogP contribution in [0.5, 0.6) is 0 Å². The lowest BCUT2D eigenvalue weighted by Crippen LogP contribution is -2.37. The molecule has 0 aromatic heterocycles. The molecule has 0 aliphatic carbocycles. The molecule has 0 saturated carbocycles. The summed E-state index contributed by atoms with van der Waals surface area (Å²) in [5.41, 5.74) is 0.739.